The Morgan fingerprint density at radius 1 is 1.30 bits per heavy atom. The lowest BCUT2D eigenvalue weighted by Gasteiger charge is -2.29. The number of rotatable bonds is 3. The number of carboxylic acid groups (broad SMARTS) is 1. The van der Waals surface area contributed by atoms with Gasteiger partial charge in [-0.2, -0.15) is 0 Å². The minimum atomic E-state index is -0.819. The maximum Gasteiger partial charge on any atom is 0.308 e. The first-order valence-electron chi connectivity index (χ1n) is 6.79. The summed E-state index contributed by atoms with van der Waals surface area (Å²) in [6, 6.07) is 5.25. The van der Waals surface area contributed by atoms with Gasteiger partial charge in [-0.05, 0) is 37.5 Å². The number of aliphatic carboxylic acids is 1. The van der Waals surface area contributed by atoms with Crippen molar-refractivity contribution < 1.29 is 14.7 Å². The predicted octanol–water partition coefficient (Wildman–Crippen LogP) is 3.13. The number of halogens is 1. The number of nitrogens with one attached hydrogen (secondary N) is 1. The van der Waals surface area contributed by atoms with E-state index < -0.39 is 11.9 Å². The van der Waals surface area contributed by atoms with Crippen LogP contribution in [0, 0.1) is 12.8 Å². The number of carbonyl (C=O) groups is 2. The normalized spacial score (nSPS) is 22.3. The molecule has 1 aromatic rings. The summed E-state index contributed by atoms with van der Waals surface area (Å²) in [7, 11) is 0. The first-order chi connectivity index (χ1) is 9.49. The van der Waals surface area contributed by atoms with Gasteiger partial charge in [0.25, 0.3) is 5.91 Å². The van der Waals surface area contributed by atoms with Crippen LogP contribution in [0.3, 0.4) is 0 Å². The SMILES string of the molecule is Cc1ccc(Br)cc1C(=O)NC1CCCCC1C(=O)O. The molecule has 1 saturated carbocycles. The van der Waals surface area contributed by atoms with Crippen molar-refractivity contribution in [3.63, 3.8) is 0 Å². The molecule has 0 aliphatic heterocycles. The molecule has 4 nitrogen and oxygen atoms in total. The second-order valence-electron chi connectivity index (χ2n) is 5.27. The van der Waals surface area contributed by atoms with E-state index in [1.165, 1.54) is 0 Å². The van der Waals surface area contributed by atoms with E-state index in [9.17, 15) is 14.7 Å². The number of hydrogen-bond donors (Lipinski definition) is 2. The molecule has 0 radical (unpaired) electrons. The zero-order chi connectivity index (χ0) is 14.7. The minimum Gasteiger partial charge on any atom is -0.481 e. The maximum atomic E-state index is 12.3. The molecule has 5 heteroatoms. The highest BCUT2D eigenvalue weighted by Crippen LogP contribution is 2.25. The number of aryl methyl sites for hydroxylation is 1. The molecule has 0 spiro atoms. The van der Waals surface area contributed by atoms with Crippen molar-refractivity contribution in [2.45, 2.75) is 38.6 Å². The van der Waals surface area contributed by atoms with Gasteiger partial charge in [-0.25, -0.2) is 0 Å². The molecule has 0 bridgehead atoms. The standard InChI is InChI=1S/C15H18BrNO3/c1-9-6-7-10(16)8-12(9)14(18)17-13-5-3-2-4-11(13)15(19)20/h6-8,11,13H,2-5H2,1H3,(H,17,18)(H,19,20). The number of carbonyl (C=O) groups excluding carboxylic acids is 1. The summed E-state index contributed by atoms with van der Waals surface area (Å²) in [6.45, 7) is 1.87. The average Bonchev–Trinajstić information content (AvgIpc) is 2.41. The molecule has 2 atom stereocenters. The Bertz CT molecular complexity index is 530. The second kappa shape index (κ2) is 6.39. The quantitative estimate of drug-likeness (QED) is 0.888. The second-order valence-corrected chi connectivity index (χ2v) is 6.18. The Morgan fingerprint density at radius 3 is 2.70 bits per heavy atom. The molecule has 1 aliphatic carbocycles. The van der Waals surface area contributed by atoms with Crippen molar-refractivity contribution in [2.75, 3.05) is 0 Å². The summed E-state index contributed by atoms with van der Waals surface area (Å²) >= 11 is 3.35. The first kappa shape index (κ1) is 15.0. The van der Waals surface area contributed by atoms with Crippen LogP contribution in [0.15, 0.2) is 22.7 Å². The monoisotopic (exact) mass is 339 g/mol. The van der Waals surface area contributed by atoms with Crippen LogP contribution in [0.1, 0.15) is 41.6 Å². The van der Waals surface area contributed by atoms with Gasteiger partial charge >= 0.3 is 5.97 Å². The molecule has 0 saturated heterocycles. The van der Waals surface area contributed by atoms with Gasteiger partial charge in [0.15, 0.2) is 0 Å². The Labute approximate surface area is 126 Å². The van der Waals surface area contributed by atoms with Crippen LogP contribution < -0.4 is 5.32 Å². The van der Waals surface area contributed by atoms with Crippen LogP contribution >= 0.6 is 15.9 Å². The van der Waals surface area contributed by atoms with Gasteiger partial charge in [-0.1, -0.05) is 34.8 Å². The fourth-order valence-electron chi connectivity index (χ4n) is 2.68. The average molecular weight is 340 g/mol. The minimum absolute atomic E-state index is 0.193. The molecular weight excluding hydrogens is 322 g/mol. The molecule has 2 N–H and O–H groups in total. The third-order valence-electron chi connectivity index (χ3n) is 3.84. The van der Waals surface area contributed by atoms with Crippen molar-refractivity contribution in [1.82, 2.24) is 5.32 Å². The van der Waals surface area contributed by atoms with Gasteiger partial charge in [-0.15, -0.1) is 0 Å². The van der Waals surface area contributed by atoms with Gasteiger partial charge < -0.3 is 10.4 Å². The molecule has 1 fully saturated rings. The molecule has 20 heavy (non-hydrogen) atoms. The summed E-state index contributed by atoms with van der Waals surface area (Å²) in [5.74, 6) is -1.48. The first-order valence-corrected chi connectivity index (χ1v) is 7.58. The zero-order valence-electron chi connectivity index (χ0n) is 11.4. The summed E-state index contributed by atoms with van der Waals surface area (Å²) < 4.78 is 0.840. The Balaban J connectivity index is 2.13. The molecule has 0 aromatic heterocycles. The Hall–Kier alpha value is -1.36. The molecule has 1 amide bonds. The molecular formula is C15H18BrNO3. The van der Waals surface area contributed by atoms with E-state index in [0.29, 0.717) is 12.0 Å². The van der Waals surface area contributed by atoms with Crippen LogP contribution in [0.5, 0.6) is 0 Å². The summed E-state index contributed by atoms with van der Waals surface area (Å²) in [5.41, 5.74) is 1.47. The lowest BCUT2D eigenvalue weighted by molar-refractivity contribution is -0.143. The van der Waals surface area contributed by atoms with Crippen molar-refractivity contribution in [3.05, 3.63) is 33.8 Å². The molecule has 1 aromatic carbocycles. The number of benzene rings is 1. The van der Waals surface area contributed by atoms with E-state index in [2.05, 4.69) is 21.2 Å². The third-order valence-corrected chi connectivity index (χ3v) is 4.34. The van der Waals surface area contributed by atoms with Crippen LogP contribution in [-0.2, 0) is 4.79 Å². The topological polar surface area (TPSA) is 66.4 Å². The summed E-state index contributed by atoms with van der Waals surface area (Å²) in [5, 5.41) is 12.1. The van der Waals surface area contributed by atoms with E-state index in [1.807, 2.05) is 19.1 Å². The third kappa shape index (κ3) is 3.39. The highest BCUT2D eigenvalue weighted by molar-refractivity contribution is 9.10. The van der Waals surface area contributed by atoms with Gasteiger partial charge in [0.2, 0.25) is 0 Å². The van der Waals surface area contributed by atoms with Crippen LogP contribution in [0.25, 0.3) is 0 Å². The molecule has 0 heterocycles. The highest BCUT2D eigenvalue weighted by atomic mass is 79.9. The molecule has 108 valence electrons. The fourth-order valence-corrected chi connectivity index (χ4v) is 3.05. The highest BCUT2D eigenvalue weighted by Gasteiger charge is 2.32. The van der Waals surface area contributed by atoms with Crippen molar-refractivity contribution in [1.29, 1.82) is 0 Å². The van der Waals surface area contributed by atoms with Gasteiger partial charge in [0.05, 0.1) is 5.92 Å². The number of amides is 1. The lowest BCUT2D eigenvalue weighted by atomic mass is 9.84. The smallest absolute Gasteiger partial charge is 0.308 e. The van der Waals surface area contributed by atoms with Crippen molar-refractivity contribution in [3.8, 4) is 0 Å². The van der Waals surface area contributed by atoms with E-state index >= 15 is 0 Å². The lowest BCUT2D eigenvalue weighted by Crippen LogP contribution is -2.45. The number of hydrogen-bond acceptors (Lipinski definition) is 2. The molecule has 1 aliphatic rings. The van der Waals surface area contributed by atoms with Crippen LogP contribution in [0.2, 0.25) is 0 Å². The van der Waals surface area contributed by atoms with Crippen LogP contribution in [-0.4, -0.2) is 23.0 Å². The summed E-state index contributed by atoms with van der Waals surface area (Å²) in [4.78, 5) is 23.6. The Kier molecular flexibility index (Phi) is 4.81. The fraction of sp³-hybridized carbons (Fsp3) is 0.467. The van der Waals surface area contributed by atoms with Gasteiger partial charge in [0.1, 0.15) is 0 Å². The van der Waals surface area contributed by atoms with Gasteiger partial charge in [-0.3, -0.25) is 9.59 Å². The maximum absolute atomic E-state index is 12.3. The van der Waals surface area contributed by atoms with E-state index in [4.69, 9.17) is 0 Å². The van der Waals surface area contributed by atoms with Crippen molar-refractivity contribution in [2.24, 2.45) is 5.92 Å². The molecule has 2 unspecified atom stereocenters. The van der Waals surface area contributed by atoms with Crippen LogP contribution in [0.4, 0.5) is 0 Å². The largest absolute Gasteiger partial charge is 0.481 e. The van der Waals surface area contributed by atoms with E-state index in [0.717, 1.165) is 29.3 Å². The predicted molar refractivity (Wildman–Crippen MR) is 79.7 cm³/mol. The Morgan fingerprint density at radius 2 is 2.00 bits per heavy atom. The molecule has 2 rings (SSSR count). The zero-order valence-corrected chi connectivity index (χ0v) is 12.9. The van der Waals surface area contributed by atoms with Gasteiger partial charge in [0, 0.05) is 16.1 Å². The number of carboxylic acids is 1. The van der Waals surface area contributed by atoms with E-state index in [1.54, 1.807) is 6.07 Å². The van der Waals surface area contributed by atoms with E-state index in [-0.39, 0.29) is 11.9 Å². The van der Waals surface area contributed by atoms with Crippen molar-refractivity contribution >= 4 is 27.8 Å². The summed E-state index contributed by atoms with van der Waals surface area (Å²) in [6.07, 6.45) is 3.25.